The first-order valence-corrected chi connectivity index (χ1v) is 10.7. The first kappa shape index (κ1) is 19.2. The molecule has 0 aliphatic heterocycles. The van der Waals surface area contributed by atoms with Crippen LogP contribution in [0.5, 0.6) is 17.2 Å². The lowest BCUT2D eigenvalue weighted by molar-refractivity contribution is 0.308. The second kappa shape index (κ2) is 8.08. The molecule has 0 spiro atoms. The molecule has 1 aliphatic rings. The number of ether oxygens (including phenoxy) is 3. The van der Waals surface area contributed by atoms with Gasteiger partial charge in [-0.25, -0.2) is 9.98 Å². The van der Waals surface area contributed by atoms with Gasteiger partial charge in [-0.15, -0.1) is 0 Å². The monoisotopic (exact) mass is 506 g/mol. The van der Waals surface area contributed by atoms with Crippen LogP contribution in [0, 0.1) is 3.57 Å². The van der Waals surface area contributed by atoms with E-state index in [0.29, 0.717) is 12.4 Å². The number of aliphatic imine (C=N–C) groups is 1. The number of hydrogen-bond acceptors (Lipinski definition) is 6. The van der Waals surface area contributed by atoms with Gasteiger partial charge in [-0.05, 0) is 71.0 Å². The van der Waals surface area contributed by atoms with E-state index in [4.69, 9.17) is 19.2 Å². The molecular weight excluding hydrogens is 487 g/mol. The number of methoxy groups -OCH3 is 2. The maximum Gasteiger partial charge on any atom is 0.209 e. The topological polar surface area (TPSA) is 52.9 Å². The summed E-state index contributed by atoms with van der Waals surface area (Å²) in [7, 11) is 3.33. The molecule has 0 bridgehead atoms. The van der Waals surface area contributed by atoms with Crippen LogP contribution in [0.3, 0.4) is 0 Å². The number of thiazole rings is 1. The quantitative estimate of drug-likeness (QED) is 0.257. The van der Waals surface area contributed by atoms with Crippen molar-refractivity contribution in [1.29, 1.82) is 0 Å². The maximum atomic E-state index is 5.67. The van der Waals surface area contributed by atoms with Crippen molar-refractivity contribution in [2.24, 2.45) is 4.99 Å². The summed E-state index contributed by atoms with van der Waals surface area (Å²) in [6.45, 7) is 2.55. The van der Waals surface area contributed by atoms with Gasteiger partial charge >= 0.3 is 0 Å². The Morgan fingerprint density at radius 1 is 1.21 bits per heavy atom. The lowest BCUT2D eigenvalue weighted by Crippen LogP contribution is -1.99. The Hall–Kier alpha value is -2.13. The molecule has 1 aliphatic carbocycles. The fraction of sp³-hybridized carbons (Fsp3) is 0.238. The number of rotatable bonds is 6. The van der Waals surface area contributed by atoms with Gasteiger partial charge < -0.3 is 14.2 Å². The van der Waals surface area contributed by atoms with E-state index in [1.807, 2.05) is 31.3 Å². The van der Waals surface area contributed by atoms with Crippen LogP contribution in [0.15, 0.2) is 35.3 Å². The van der Waals surface area contributed by atoms with Crippen LogP contribution in [0.4, 0.5) is 5.13 Å². The summed E-state index contributed by atoms with van der Waals surface area (Å²) >= 11 is 3.88. The molecule has 0 fully saturated rings. The predicted molar refractivity (Wildman–Crippen MR) is 121 cm³/mol. The standard InChI is InChI=1S/C21H19IN2O3S/c1-4-27-20-16(22)7-12(8-17(20)26-3)11-23-21-24-19-15-6-5-14(25-2)9-13(15)10-18(19)28-21/h5-9,11H,4,10H2,1-3H3. The molecule has 5 nitrogen and oxygen atoms in total. The van der Waals surface area contributed by atoms with Crippen molar-refractivity contribution >= 4 is 45.3 Å². The average Bonchev–Trinajstić information content (AvgIpc) is 3.24. The molecule has 1 aromatic heterocycles. The van der Waals surface area contributed by atoms with Gasteiger partial charge in [0.2, 0.25) is 5.13 Å². The highest BCUT2D eigenvalue weighted by Crippen LogP contribution is 2.43. The summed E-state index contributed by atoms with van der Waals surface area (Å²) in [6.07, 6.45) is 2.70. The molecule has 0 amide bonds. The van der Waals surface area contributed by atoms with Gasteiger partial charge in [0, 0.05) is 23.1 Å². The third kappa shape index (κ3) is 3.60. The SMILES string of the molecule is CCOc1c(I)cc(C=Nc2nc3c(s2)Cc2cc(OC)ccc2-3)cc1OC. The van der Waals surface area contributed by atoms with E-state index in [1.54, 1.807) is 25.6 Å². The van der Waals surface area contributed by atoms with E-state index in [1.165, 1.54) is 16.0 Å². The van der Waals surface area contributed by atoms with E-state index >= 15 is 0 Å². The second-order valence-corrected chi connectivity index (χ2v) is 8.42. The normalized spacial score (nSPS) is 12.1. The van der Waals surface area contributed by atoms with Crippen LogP contribution in [0.1, 0.15) is 22.9 Å². The lowest BCUT2D eigenvalue weighted by Gasteiger charge is -2.11. The molecule has 3 aromatic rings. The van der Waals surface area contributed by atoms with Crippen LogP contribution in [0.25, 0.3) is 11.3 Å². The molecule has 7 heteroatoms. The van der Waals surface area contributed by atoms with Gasteiger partial charge in [0.25, 0.3) is 0 Å². The van der Waals surface area contributed by atoms with E-state index in [-0.39, 0.29) is 0 Å². The van der Waals surface area contributed by atoms with Crippen LogP contribution in [-0.2, 0) is 6.42 Å². The van der Waals surface area contributed by atoms with Crippen molar-refractivity contribution in [1.82, 2.24) is 4.98 Å². The van der Waals surface area contributed by atoms with Crippen LogP contribution >= 0.6 is 33.9 Å². The smallest absolute Gasteiger partial charge is 0.209 e. The number of fused-ring (bicyclic) bond motifs is 3. The van der Waals surface area contributed by atoms with Gasteiger partial charge in [0.1, 0.15) is 5.75 Å². The minimum atomic E-state index is 0.595. The molecule has 0 N–H and O–H groups in total. The first-order valence-electron chi connectivity index (χ1n) is 8.84. The molecule has 4 rings (SSSR count). The van der Waals surface area contributed by atoms with Crippen LogP contribution in [-0.4, -0.2) is 32.0 Å². The Balaban J connectivity index is 1.60. The van der Waals surface area contributed by atoms with Crippen molar-refractivity contribution in [3.63, 3.8) is 0 Å². The number of aromatic nitrogens is 1. The van der Waals surface area contributed by atoms with Crippen LogP contribution in [0.2, 0.25) is 0 Å². The molecular formula is C21H19IN2O3S. The zero-order valence-electron chi connectivity index (χ0n) is 15.8. The highest BCUT2D eigenvalue weighted by atomic mass is 127. The van der Waals surface area contributed by atoms with Crippen molar-refractivity contribution < 1.29 is 14.2 Å². The fourth-order valence-corrected chi connectivity index (χ4v) is 4.92. The van der Waals surface area contributed by atoms with Gasteiger partial charge in [0.05, 0.1) is 30.1 Å². The number of halogens is 1. The van der Waals surface area contributed by atoms with Gasteiger partial charge in [-0.3, -0.25) is 0 Å². The van der Waals surface area contributed by atoms with Crippen LogP contribution < -0.4 is 14.2 Å². The Bertz CT molecular complexity index is 1060. The number of hydrogen-bond donors (Lipinski definition) is 0. The largest absolute Gasteiger partial charge is 0.497 e. The number of benzene rings is 2. The second-order valence-electron chi connectivity index (χ2n) is 6.19. The highest BCUT2D eigenvalue weighted by molar-refractivity contribution is 14.1. The summed E-state index contributed by atoms with van der Waals surface area (Å²) in [5.41, 5.74) is 4.42. The molecule has 2 aromatic carbocycles. The highest BCUT2D eigenvalue weighted by Gasteiger charge is 2.23. The van der Waals surface area contributed by atoms with E-state index < -0.39 is 0 Å². The molecule has 0 radical (unpaired) electrons. The minimum absolute atomic E-state index is 0.595. The predicted octanol–water partition coefficient (Wildman–Crippen LogP) is 5.49. The molecule has 0 saturated heterocycles. The maximum absolute atomic E-state index is 5.67. The van der Waals surface area contributed by atoms with Crippen molar-refractivity contribution in [2.75, 3.05) is 20.8 Å². The molecule has 28 heavy (non-hydrogen) atoms. The third-order valence-electron chi connectivity index (χ3n) is 4.47. The van der Waals surface area contributed by atoms with Crippen molar-refractivity contribution in [3.05, 3.63) is 49.9 Å². The summed E-state index contributed by atoms with van der Waals surface area (Å²) in [5.74, 6) is 2.36. The molecule has 0 saturated carbocycles. The first-order chi connectivity index (χ1) is 13.6. The Morgan fingerprint density at radius 3 is 2.82 bits per heavy atom. The molecule has 1 heterocycles. The van der Waals surface area contributed by atoms with E-state index in [9.17, 15) is 0 Å². The van der Waals surface area contributed by atoms with Gasteiger partial charge in [-0.2, -0.15) is 0 Å². The Morgan fingerprint density at radius 2 is 2.07 bits per heavy atom. The Kier molecular flexibility index (Phi) is 5.54. The average molecular weight is 506 g/mol. The lowest BCUT2D eigenvalue weighted by atomic mass is 10.1. The van der Waals surface area contributed by atoms with E-state index in [0.717, 1.165) is 37.9 Å². The summed E-state index contributed by atoms with van der Waals surface area (Å²) in [5, 5.41) is 0.759. The number of nitrogens with zero attached hydrogens (tertiary/aromatic N) is 2. The summed E-state index contributed by atoms with van der Waals surface area (Å²) in [6, 6.07) is 10.1. The van der Waals surface area contributed by atoms with Crippen molar-refractivity contribution in [3.8, 4) is 28.5 Å². The van der Waals surface area contributed by atoms with Gasteiger partial charge in [0.15, 0.2) is 11.5 Å². The summed E-state index contributed by atoms with van der Waals surface area (Å²) in [4.78, 5) is 10.6. The third-order valence-corrected chi connectivity index (χ3v) is 6.23. The van der Waals surface area contributed by atoms with Gasteiger partial charge in [-0.1, -0.05) is 11.3 Å². The molecule has 0 unspecified atom stereocenters. The zero-order valence-corrected chi connectivity index (χ0v) is 18.8. The Labute approximate surface area is 181 Å². The molecule has 144 valence electrons. The minimum Gasteiger partial charge on any atom is -0.497 e. The van der Waals surface area contributed by atoms with E-state index in [2.05, 4.69) is 39.7 Å². The summed E-state index contributed by atoms with van der Waals surface area (Å²) < 4.78 is 17.4. The zero-order chi connectivity index (χ0) is 19.7. The van der Waals surface area contributed by atoms with Crippen molar-refractivity contribution in [2.45, 2.75) is 13.3 Å². The fourth-order valence-electron chi connectivity index (χ4n) is 3.20. The molecule has 0 atom stereocenters.